The normalized spacial score (nSPS) is 12.5. The summed E-state index contributed by atoms with van der Waals surface area (Å²) >= 11 is 0. The second-order valence-electron chi connectivity index (χ2n) is 8.09. The molecule has 5 rings (SSSR count). The maximum atomic E-state index is 12.8. The van der Waals surface area contributed by atoms with Crippen LogP contribution >= 0.6 is 0 Å². The Bertz CT molecular complexity index is 1430. The lowest BCUT2D eigenvalue weighted by Gasteiger charge is -2.15. The second kappa shape index (κ2) is 7.88. The lowest BCUT2D eigenvalue weighted by atomic mass is 9.97. The van der Waals surface area contributed by atoms with Gasteiger partial charge < -0.3 is 4.98 Å². The first-order valence-electron chi connectivity index (χ1n) is 10.6. The third-order valence-corrected chi connectivity index (χ3v) is 5.73. The molecule has 2 aromatic carbocycles. The molecule has 0 saturated carbocycles. The zero-order valence-corrected chi connectivity index (χ0v) is 18.1. The van der Waals surface area contributed by atoms with Crippen LogP contribution in [0, 0.1) is 0 Å². The van der Waals surface area contributed by atoms with Gasteiger partial charge in [0.15, 0.2) is 11.5 Å². The summed E-state index contributed by atoms with van der Waals surface area (Å²) in [6, 6.07) is 15.8. The van der Waals surface area contributed by atoms with Gasteiger partial charge in [-0.3, -0.25) is 4.57 Å². The molecule has 0 aliphatic carbocycles. The third kappa shape index (κ3) is 3.39. The first-order valence-corrected chi connectivity index (χ1v) is 10.6. The Labute approximate surface area is 184 Å². The fourth-order valence-electron chi connectivity index (χ4n) is 4.01. The minimum Gasteiger partial charge on any atom is -0.303 e. The van der Waals surface area contributed by atoms with E-state index in [9.17, 15) is 4.79 Å². The number of benzene rings is 2. The predicted molar refractivity (Wildman–Crippen MR) is 123 cm³/mol. The van der Waals surface area contributed by atoms with Crippen molar-refractivity contribution in [2.75, 3.05) is 0 Å². The van der Waals surface area contributed by atoms with Crippen LogP contribution in [0.5, 0.6) is 0 Å². The Hall–Kier alpha value is -4.07. The molecule has 0 bridgehead atoms. The average molecular weight is 425 g/mol. The fraction of sp³-hybridized carbons (Fsp3) is 0.208. The highest BCUT2D eigenvalue weighted by molar-refractivity contribution is 5.74. The van der Waals surface area contributed by atoms with Crippen LogP contribution in [0.3, 0.4) is 0 Å². The van der Waals surface area contributed by atoms with Crippen molar-refractivity contribution in [1.29, 1.82) is 0 Å². The maximum absolute atomic E-state index is 12.8. The second-order valence-corrected chi connectivity index (χ2v) is 8.09. The molecule has 1 N–H and O–H groups in total. The van der Waals surface area contributed by atoms with E-state index < -0.39 is 0 Å². The van der Waals surface area contributed by atoms with Gasteiger partial charge in [0.2, 0.25) is 0 Å². The Morgan fingerprint density at radius 2 is 1.78 bits per heavy atom. The molecule has 3 aromatic heterocycles. The summed E-state index contributed by atoms with van der Waals surface area (Å²) in [5, 5.41) is 7.86. The summed E-state index contributed by atoms with van der Waals surface area (Å²) in [5.74, 6) is 0.949. The van der Waals surface area contributed by atoms with E-state index in [1.165, 1.54) is 5.56 Å². The molecule has 0 fully saturated rings. The van der Waals surface area contributed by atoms with Crippen molar-refractivity contribution in [2.24, 2.45) is 0 Å². The summed E-state index contributed by atoms with van der Waals surface area (Å²) in [7, 11) is 0. The topological polar surface area (TPSA) is 94.3 Å². The number of aromatic amines is 1. The van der Waals surface area contributed by atoms with E-state index in [0.717, 1.165) is 16.8 Å². The number of hydrogen-bond donors (Lipinski definition) is 1. The van der Waals surface area contributed by atoms with Gasteiger partial charge in [0.05, 0.1) is 30.3 Å². The molecule has 0 amide bonds. The quantitative estimate of drug-likeness (QED) is 0.457. The first-order chi connectivity index (χ1) is 15.5. The molecule has 1 unspecified atom stereocenters. The van der Waals surface area contributed by atoms with Crippen molar-refractivity contribution in [3.8, 4) is 17.1 Å². The Kier molecular flexibility index (Phi) is 4.89. The summed E-state index contributed by atoms with van der Waals surface area (Å²) < 4.78 is 3.38. The molecule has 160 valence electrons. The number of hydrogen-bond acceptors (Lipinski definition) is 5. The van der Waals surface area contributed by atoms with E-state index in [1.54, 1.807) is 27.8 Å². The molecule has 0 saturated heterocycles. The van der Waals surface area contributed by atoms with Crippen LogP contribution in [0.1, 0.15) is 43.9 Å². The molecular formula is C24H23N7O. The largest absolute Gasteiger partial charge is 0.328 e. The summed E-state index contributed by atoms with van der Waals surface area (Å²) in [6.45, 7) is 6.28. The molecule has 0 radical (unpaired) electrons. The predicted octanol–water partition coefficient (Wildman–Crippen LogP) is 4.10. The Balaban J connectivity index is 1.58. The van der Waals surface area contributed by atoms with Crippen LogP contribution in [0.2, 0.25) is 0 Å². The summed E-state index contributed by atoms with van der Waals surface area (Å²) in [6.07, 6.45) is 5.11. The van der Waals surface area contributed by atoms with Crippen LogP contribution in [0.4, 0.5) is 0 Å². The van der Waals surface area contributed by atoms with Crippen molar-refractivity contribution < 1.29 is 0 Å². The maximum Gasteiger partial charge on any atom is 0.328 e. The molecular weight excluding hydrogens is 402 g/mol. The minimum absolute atomic E-state index is 0.212. The van der Waals surface area contributed by atoms with Crippen molar-refractivity contribution >= 4 is 11.2 Å². The van der Waals surface area contributed by atoms with Gasteiger partial charge in [0.25, 0.3) is 0 Å². The SMILES string of the molecule is CC(C)c1ccccc1-c1ncc2[nH]c(=O)n(C(C)c3ccc(-n4ccnn4)cc3)c2n1. The smallest absolute Gasteiger partial charge is 0.303 e. The molecule has 0 spiro atoms. The number of imidazole rings is 1. The fourth-order valence-corrected chi connectivity index (χ4v) is 4.01. The zero-order valence-electron chi connectivity index (χ0n) is 18.1. The number of fused-ring (bicyclic) bond motifs is 1. The van der Waals surface area contributed by atoms with E-state index in [4.69, 9.17) is 4.98 Å². The third-order valence-electron chi connectivity index (χ3n) is 5.73. The van der Waals surface area contributed by atoms with E-state index in [2.05, 4.69) is 40.2 Å². The number of H-pyrrole nitrogens is 1. The molecule has 0 aliphatic heterocycles. The van der Waals surface area contributed by atoms with Crippen molar-refractivity contribution in [3.63, 3.8) is 0 Å². The molecule has 5 aromatic rings. The van der Waals surface area contributed by atoms with E-state index >= 15 is 0 Å². The summed E-state index contributed by atoms with van der Waals surface area (Å²) in [5.41, 5.74) is 5.04. The van der Waals surface area contributed by atoms with Gasteiger partial charge in [0, 0.05) is 5.56 Å². The number of rotatable bonds is 5. The molecule has 8 nitrogen and oxygen atoms in total. The van der Waals surface area contributed by atoms with Crippen LogP contribution < -0.4 is 5.69 Å². The van der Waals surface area contributed by atoms with Crippen LogP contribution in [0.25, 0.3) is 28.2 Å². The molecule has 3 heterocycles. The Morgan fingerprint density at radius 3 is 2.50 bits per heavy atom. The van der Waals surface area contributed by atoms with Crippen molar-refractivity contribution in [2.45, 2.75) is 32.7 Å². The van der Waals surface area contributed by atoms with Gasteiger partial charge in [-0.15, -0.1) is 5.10 Å². The highest BCUT2D eigenvalue weighted by Crippen LogP contribution is 2.28. The monoisotopic (exact) mass is 425 g/mol. The number of nitrogens with one attached hydrogen (secondary N) is 1. The van der Waals surface area contributed by atoms with Gasteiger partial charge in [0.1, 0.15) is 5.52 Å². The Morgan fingerprint density at radius 1 is 1.00 bits per heavy atom. The molecule has 1 atom stereocenters. The van der Waals surface area contributed by atoms with Crippen molar-refractivity contribution in [1.82, 2.24) is 34.5 Å². The van der Waals surface area contributed by atoms with Crippen LogP contribution in [-0.4, -0.2) is 34.5 Å². The van der Waals surface area contributed by atoms with Gasteiger partial charge in [-0.1, -0.05) is 55.5 Å². The number of nitrogens with zero attached hydrogens (tertiary/aromatic N) is 6. The van der Waals surface area contributed by atoms with Gasteiger partial charge in [-0.2, -0.15) is 0 Å². The highest BCUT2D eigenvalue weighted by Gasteiger charge is 2.18. The van der Waals surface area contributed by atoms with E-state index in [1.807, 2.05) is 49.4 Å². The zero-order chi connectivity index (χ0) is 22.2. The van der Waals surface area contributed by atoms with E-state index in [0.29, 0.717) is 22.9 Å². The lowest BCUT2D eigenvalue weighted by molar-refractivity contribution is 0.630. The van der Waals surface area contributed by atoms with Crippen molar-refractivity contribution in [3.05, 3.63) is 88.7 Å². The van der Waals surface area contributed by atoms with Gasteiger partial charge in [-0.05, 0) is 36.1 Å². The van der Waals surface area contributed by atoms with E-state index in [-0.39, 0.29) is 11.7 Å². The highest BCUT2D eigenvalue weighted by atomic mass is 16.1. The average Bonchev–Trinajstić information content (AvgIpc) is 3.46. The van der Waals surface area contributed by atoms with Gasteiger partial charge in [-0.25, -0.2) is 19.4 Å². The van der Waals surface area contributed by atoms with Crippen LogP contribution in [-0.2, 0) is 0 Å². The molecule has 32 heavy (non-hydrogen) atoms. The lowest BCUT2D eigenvalue weighted by Crippen LogP contribution is -2.21. The minimum atomic E-state index is -0.218. The first kappa shape index (κ1) is 19.9. The van der Waals surface area contributed by atoms with Gasteiger partial charge >= 0.3 is 5.69 Å². The number of aromatic nitrogens is 7. The molecule has 8 heteroatoms. The van der Waals surface area contributed by atoms with Crippen LogP contribution in [0.15, 0.2) is 71.9 Å². The molecule has 0 aliphatic rings. The standard InChI is InChI=1S/C24H23N7O/c1-15(2)19-6-4-5-7-20(19)22-25-14-21-23(28-22)31(24(32)27-21)16(3)17-8-10-18(11-9-17)30-13-12-26-29-30/h4-16H,1-3H3,(H,27,32). The summed E-state index contributed by atoms with van der Waals surface area (Å²) in [4.78, 5) is 25.1.